The molecule has 144 valence electrons. The molecule has 7 heteroatoms. The average molecular weight is 386 g/mol. The number of hydrogen-bond donors (Lipinski definition) is 1. The Balaban J connectivity index is 1.54. The predicted molar refractivity (Wildman–Crippen MR) is 110 cm³/mol. The molecule has 1 aromatic rings. The Morgan fingerprint density at radius 1 is 1.41 bits per heavy atom. The minimum Gasteiger partial charge on any atom is -0.299 e. The highest BCUT2D eigenvalue weighted by Crippen LogP contribution is 2.64. The molecule has 0 spiro atoms. The largest absolute Gasteiger partial charge is 0.299 e. The van der Waals surface area contributed by atoms with Crippen LogP contribution in [0.1, 0.15) is 58.2 Å². The van der Waals surface area contributed by atoms with Crippen LogP contribution in [0.2, 0.25) is 0 Å². The molecule has 3 aliphatic rings. The number of amidine groups is 1. The second kappa shape index (κ2) is 6.33. The summed E-state index contributed by atoms with van der Waals surface area (Å²) in [4.78, 5) is 12.9. The Hall–Kier alpha value is -1.89. The number of nitrogens with zero attached hydrogens (tertiary/aromatic N) is 4. The molecule has 27 heavy (non-hydrogen) atoms. The maximum Gasteiger partial charge on any atom is 0.264 e. The SMILES string of the molecule is CCn1cc(/C=C2/S/C(=N\N=C3\C[C@@H]4CC[C@]3(C)C4(C)C)NC2=O)c(C)n1. The number of aromatic nitrogens is 2. The maximum absolute atomic E-state index is 12.3. The second-order valence-corrected chi connectivity index (χ2v) is 9.57. The number of nitrogens with one attached hydrogen (secondary N) is 1. The Bertz CT molecular complexity index is 894. The van der Waals surface area contributed by atoms with Gasteiger partial charge in [-0.05, 0) is 62.3 Å². The zero-order valence-corrected chi connectivity index (χ0v) is 17.5. The van der Waals surface area contributed by atoms with Crippen molar-refractivity contribution in [2.75, 3.05) is 0 Å². The zero-order valence-electron chi connectivity index (χ0n) is 16.7. The van der Waals surface area contributed by atoms with Gasteiger partial charge >= 0.3 is 0 Å². The van der Waals surface area contributed by atoms with E-state index in [1.54, 1.807) is 0 Å². The van der Waals surface area contributed by atoms with Crippen LogP contribution in [0.25, 0.3) is 6.08 Å². The topological polar surface area (TPSA) is 71.6 Å². The summed E-state index contributed by atoms with van der Waals surface area (Å²) >= 11 is 1.35. The van der Waals surface area contributed by atoms with Crippen LogP contribution in [0.5, 0.6) is 0 Å². The molecule has 6 nitrogen and oxygen atoms in total. The van der Waals surface area contributed by atoms with E-state index in [2.05, 4.69) is 41.4 Å². The minimum atomic E-state index is -0.123. The van der Waals surface area contributed by atoms with Crippen molar-refractivity contribution in [2.24, 2.45) is 27.0 Å². The third kappa shape index (κ3) is 2.87. The van der Waals surface area contributed by atoms with Crippen LogP contribution in [0.4, 0.5) is 0 Å². The molecule has 0 radical (unpaired) electrons. The van der Waals surface area contributed by atoms with Crippen LogP contribution < -0.4 is 5.32 Å². The van der Waals surface area contributed by atoms with Crippen molar-refractivity contribution < 1.29 is 4.79 Å². The van der Waals surface area contributed by atoms with Crippen LogP contribution in [0, 0.1) is 23.7 Å². The molecule has 2 atom stereocenters. The normalized spacial score (nSPS) is 33.6. The van der Waals surface area contributed by atoms with Crippen molar-refractivity contribution in [1.82, 2.24) is 15.1 Å². The molecule has 0 aromatic carbocycles. The number of carbonyl (C=O) groups excluding carboxylic acids is 1. The number of rotatable bonds is 3. The summed E-state index contributed by atoms with van der Waals surface area (Å²) in [5.74, 6) is 0.572. The molecule has 1 N–H and O–H groups in total. The predicted octanol–water partition coefficient (Wildman–Crippen LogP) is 3.97. The summed E-state index contributed by atoms with van der Waals surface area (Å²) in [5, 5.41) is 16.8. The van der Waals surface area contributed by atoms with Crippen LogP contribution in [0.3, 0.4) is 0 Å². The van der Waals surface area contributed by atoms with Gasteiger partial charge in [0.25, 0.3) is 5.91 Å². The van der Waals surface area contributed by atoms with Gasteiger partial charge in [0.2, 0.25) is 0 Å². The summed E-state index contributed by atoms with van der Waals surface area (Å²) in [6, 6.07) is 0. The first-order valence-corrected chi connectivity index (χ1v) is 10.5. The molecule has 2 saturated carbocycles. The van der Waals surface area contributed by atoms with Gasteiger partial charge < -0.3 is 0 Å². The lowest BCUT2D eigenvalue weighted by Crippen LogP contribution is -2.32. The molecular weight excluding hydrogens is 358 g/mol. The summed E-state index contributed by atoms with van der Waals surface area (Å²) in [6.45, 7) is 11.8. The molecule has 3 fully saturated rings. The monoisotopic (exact) mass is 385 g/mol. The van der Waals surface area contributed by atoms with E-state index in [9.17, 15) is 4.79 Å². The molecule has 2 bridgehead atoms. The number of fused-ring (bicyclic) bond motifs is 2. The van der Waals surface area contributed by atoms with Crippen molar-refractivity contribution in [2.45, 2.75) is 60.4 Å². The highest BCUT2D eigenvalue weighted by molar-refractivity contribution is 8.18. The van der Waals surface area contributed by atoms with Gasteiger partial charge in [-0.25, -0.2) is 0 Å². The molecular formula is C20H27N5OS. The molecule has 0 unspecified atom stereocenters. The van der Waals surface area contributed by atoms with E-state index in [-0.39, 0.29) is 16.7 Å². The first-order valence-electron chi connectivity index (χ1n) is 9.64. The van der Waals surface area contributed by atoms with E-state index in [4.69, 9.17) is 0 Å². The lowest BCUT2D eigenvalue weighted by Gasteiger charge is -2.34. The van der Waals surface area contributed by atoms with E-state index in [0.717, 1.165) is 24.2 Å². The third-order valence-electron chi connectivity index (χ3n) is 7.02. The highest BCUT2D eigenvalue weighted by atomic mass is 32.2. The second-order valence-electron chi connectivity index (χ2n) is 8.54. The summed E-state index contributed by atoms with van der Waals surface area (Å²) < 4.78 is 1.87. The van der Waals surface area contributed by atoms with Gasteiger partial charge in [-0.15, -0.1) is 5.10 Å². The molecule has 4 rings (SSSR count). The number of amides is 1. The van der Waals surface area contributed by atoms with Gasteiger partial charge in [0.05, 0.1) is 10.6 Å². The van der Waals surface area contributed by atoms with Crippen LogP contribution >= 0.6 is 11.8 Å². The Morgan fingerprint density at radius 3 is 2.78 bits per heavy atom. The zero-order chi connectivity index (χ0) is 19.4. The maximum atomic E-state index is 12.3. The highest BCUT2D eigenvalue weighted by Gasteiger charge is 2.60. The van der Waals surface area contributed by atoms with E-state index in [0.29, 0.717) is 16.0 Å². The van der Waals surface area contributed by atoms with Crippen molar-refractivity contribution in [3.63, 3.8) is 0 Å². The number of thioether (sulfide) groups is 1. The number of aryl methyl sites for hydroxylation is 2. The van der Waals surface area contributed by atoms with Gasteiger partial charge in [-0.1, -0.05) is 20.8 Å². The van der Waals surface area contributed by atoms with E-state index < -0.39 is 0 Å². The van der Waals surface area contributed by atoms with Gasteiger partial charge in [0, 0.05) is 29.4 Å². The molecule has 2 aliphatic carbocycles. The first kappa shape index (κ1) is 18.5. The smallest absolute Gasteiger partial charge is 0.264 e. The van der Waals surface area contributed by atoms with E-state index >= 15 is 0 Å². The van der Waals surface area contributed by atoms with Gasteiger partial charge in [0.15, 0.2) is 5.17 Å². The summed E-state index contributed by atoms with van der Waals surface area (Å²) in [5.41, 5.74) is 3.47. The number of carbonyl (C=O) groups is 1. The number of hydrogen-bond acceptors (Lipinski definition) is 5. The van der Waals surface area contributed by atoms with Crippen LogP contribution in [0.15, 0.2) is 21.3 Å². The Labute approximate surface area is 164 Å². The fraction of sp³-hybridized carbons (Fsp3) is 0.600. The van der Waals surface area contributed by atoms with Gasteiger partial charge in [-0.2, -0.15) is 10.2 Å². The third-order valence-corrected chi connectivity index (χ3v) is 7.92. The summed E-state index contributed by atoms with van der Waals surface area (Å²) in [7, 11) is 0. The quantitative estimate of drug-likeness (QED) is 0.632. The average Bonchev–Trinajstić information content (AvgIpc) is 3.27. The van der Waals surface area contributed by atoms with Crippen molar-refractivity contribution >= 4 is 34.6 Å². The van der Waals surface area contributed by atoms with Crippen molar-refractivity contribution in [3.8, 4) is 0 Å². The molecule has 1 aliphatic heterocycles. The van der Waals surface area contributed by atoms with Crippen molar-refractivity contribution in [1.29, 1.82) is 0 Å². The van der Waals surface area contributed by atoms with E-state index in [1.165, 1.54) is 30.3 Å². The standard InChI is InChI=1S/C20H27N5OS/c1-6-25-11-13(12(2)24-25)9-15-17(26)21-18(27-15)23-22-16-10-14-7-8-20(16,5)19(14,3)4/h9,11,14H,6-8,10H2,1-5H3,(H,21,23,26)/b15-9+,22-16-/t14-,20-/m0/s1. The first-order chi connectivity index (χ1) is 12.7. The lowest BCUT2D eigenvalue weighted by molar-refractivity contribution is -0.115. The minimum absolute atomic E-state index is 0.123. The lowest BCUT2D eigenvalue weighted by atomic mass is 9.70. The van der Waals surface area contributed by atoms with Gasteiger partial charge in [-0.3, -0.25) is 14.8 Å². The molecule has 1 saturated heterocycles. The Morgan fingerprint density at radius 2 is 2.19 bits per heavy atom. The Kier molecular flexibility index (Phi) is 4.33. The van der Waals surface area contributed by atoms with E-state index in [1.807, 2.05) is 30.8 Å². The fourth-order valence-corrected chi connectivity index (χ4v) is 5.40. The van der Waals surface area contributed by atoms with Crippen molar-refractivity contribution in [3.05, 3.63) is 22.4 Å². The molecule has 2 heterocycles. The van der Waals surface area contributed by atoms with Gasteiger partial charge in [0.1, 0.15) is 0 Å². The fourth-order valence-electron chi connectivity index (χ4n) is 4.64. The summed E-state index contributed by atoms with van der Waals surface area (Å²) in [6.07, 6.45) is 7.33. The van der Waals surface area contributed by atoms with Crippen LogP contribution in [-0.2, 0) is 11.3 Å². The van der Waals surface area contributed by atoms with Crippen LogP contribution in [-0.4, -0.2) is 26.6 Å². The molecule has 1 amide bonds. The molecule has 1 aromatic heterocycles.